The van der Waals surface area contributed by atoms with Gasteiger partial charge in [0.1, 0.15) is 5.82 Å². The number of aliphatic imine (C=N–C) groups is 1. The van der Waals surface area contributed by atoms with Crippen LogP contribution < -0.4 is 10.6 Å². The van der Waals surface area contributed by atoms with Crippen molar-refractivity contribution < 1.29 is 4.39 Å². The molecule has 1 aliphatic rings. The van der Waals surface area contributed by atoms with Gasteiger partial charge in [-0.1, -0.05) is 30.3 Å². The van der Waals surface area contributed by atoms with Gasteiger partial charge in [0.15, 0.2) is 5.96 Å². The number of rotatable bonds is 2. The SMILES string of the molecule is NC1=NCC(c2ccccc2F)N1c1ccccc1Br. The number of guanidine groups is 1. The standard InChI is InChI=1S/C15H13BrFN3/c16-11-6-2-4-8-13(11)20-14(9-19-15(20)18)10-5-1-3-7-12(10)17/h1-8,14H,9H2,(H2,18,19). The quantitative estimate of drug-likeness (QED) is 0.914. The van der Waals surface area contributed by atoms with Gasteiger partial charge >= 0.3 is 0 Å². The first kappa shape index (κ1) is 13.1. The highest BCUT2D eigenvalue weighted by atomic mass is 79.9. The van der Waals surface area contributed by atoms with E-state index in [1.807, 2.05) is 35.2 Å². The molecule has 1 heterocycles. The van der Waals surface area contributed by atoms with Crippen LogP contribution in [0.3, 0.4) is 0 Å². The molecule has 102 valence electrons. The Hall–Kier alpha value is -1.88. The van der Waals surface area contributed by atoms with Gasteiger partial charge in [-0.15, -0.1) is 0 Å². The molecular weight excluding hydrogens is 321 g/mol. The van der Waals surface area contributed by atoms with Crippen molar-refractivity contribution in [2.24, 2.45) is 10.7 Å². The van der Waals surface area contributed by atoms with Gasteiger partial charge in [-0.05, 0) is 34.1 Å². The summed E-state index contributed by atoms with van der Waals surface area (Å²) < 4.78 is 14.9. The predicted octanol–water partition coefficient (Wildman–Crippen LogP) is 3.46. The predicted molar refractivity (Wildman–Crippen MR) is 82.3 cm³/mol. The molecule has 3 rings (SSSR count). The topological polar surface area (TPSA) is 41.6 Å². The fourth-order valence-corrected chi connectivity index (χ4v) is 2.89. The Morgan fingerprint density at radius 3 is 2.60 bits per heavy atom. The Kier molecular flexibility index (Phi) is 3.44. The monoisotopic (exact) mass is 333 g/mol. The first-order valence-electron chi connectivity index (χ1n) is 6.26. The summed E-state index contributed by atoms with van der Waals surface area (Å²) in [6.45, 7) is 0.452. The van der Waals surface area contributed by atoms with Crippen LogP contribution in [0.25, 0.3) is 0 Å². The summed E-state index contributed by atoms with van der Waals surface area (Å²) >= 11 is 3.51. The number of benzene rings is 2. The van der Waals surface area contributed by atoms with E-state index in [0.29, 0.717) is 18.1 Å². The first-order valence-corrected chi connectivity index (χ1v) is 7.06. The summed E-state index contributed by atoms with van der Waals surface area (Å²) in [5.41, 5.74) is 7.48. The molecule has 0 saturated carbocycles. The zero-order chi connectivity index (χ0) is 14.1. The minimum Gasteiger partial charge on any atom is -0.369 e. The Balaban J connectivity index is 2.06. The maximum absolute atomic E-state index is 14.0. The summed E-state index contributed by atoms with van der Waals surface area (Å²) in [6, 6.07) is 14.2. The van der Waals surface area contributed by atoms with Gasteiger partial charge in [-0.25, -0.2) is 4.39 Å². The lowest BCUT2D eigenvalue weighted by Gasteiger charge is -2.27. The van der Waals surface area contributed by atoms with Crippen LogP contribution in [-0.4, -0.2) is 12.5 Å². The number of halogens is 2. The Labute approximate surface area is 125 Å². The number of hydrogen-bond acceptors (Lipinski definition) is 3. The summed E-state index contributed by atoms with van der Waals surface area (Å²) in [4.78, 5) is 6.13. The summed E-state index contributed by atoms with van der Waals surface area (Å²) in [5, 5.41) is 0. The fourth-order valence-electron chi connectivity index (χ4n) is 2.42. The molecular formula is C15H13BrFN3. The van der Waals surface area contributed by atoms with Gasteiger partial charge in [-0.3, -0.25) is 4.99 Å². The third kappa shape index (κ3) is 2.18. The molecule has 1 atom stereocenters. The lowest BCUT2D eigenvalue weighted by Crippen LogP contribution is -2.36. The molecule has 0 radical (unpaired) electrons. The van der Waals surface area contributed by atoms with E-state index in [0.717, 1.165) is 10.2 Å². The second kappa shape index (κ2) is 5.25. The molecule has 0 bridgehead atoms. The molecule has 2 aromatic carbocycles. The van der Waals surface area contributed by atoms with Gasteiger partial charge < -0.3 is 10.6 Å². The molecule has 0 aromatic heterocycles. The van der Waals surface area contributed by atoms with E-state index >= 15 is 0 Å². The van der Waals surface area contributed by atoms with Gasteiger partial charge in [0, 0.05) is 10.0 Å². The summed E-state index contributed by atoms with van der Waals surface area (Å²) in [6.07, 6.45) is 0. The highest BCUT2D eigenvalue weighted by Gasteiger charge is 2.31. The molecule has 1 aliphatic heterocycles. The number of para-hydroxylation sites is 1. The van der Waals surface area contributed by atoms with E-state index in [-0.39, 0.29) is 11.9 Å². The Morgan fingerprint density at radius 2 is 1.85 bits per heavy atom. The average molecular weight is 334 g/mol. The highest BCUT2D eigenvalue weighted by Crippen LogP contribution is 2.36. The number of hydrogen-bond donors (Lipinski definition) is 1. The third-order valence-corrected chi connectivity index (χ3v) is 4.03. The first-order chi connectivity index (χ1) is 9.68. The Morgan fingerprint density at radius 1 is 1.15 bits per heavy atom. The van der Waals surface area contributed by atoms with Gasteiger partial charge in [-0.2, -0.15) is 0 Å². The van der Waals surface area contributed by atoms with Crippen molar-refractivity contribution >= 4 is 27.6 Å². The van der Waals surface area contributed by atoms with Crippen LogP contribution in [0, 0.1) is 5.82 Å². The molecule has 1 unspecified atom stereocenters. The van der Waals surface area contributed by atoms with Crippen LogP contribution in [0.2, 0.25) is 0 Å². The molecule has 0 saturated heterocycles. The van der Waals surface area contributed by atoms with E-state index in [9.17, 15) is 4.39 Å². The van der Waals surface area contributed by atoms with Crippen LogP contribution in [0.1, 0.15) is 11.6 Å². The fraction of sp³-hybridized carbons (Fsp3) is 0.133. The van der Waals surface area contributed by atoms with Crippen molar-refractivity contribution in [3.8, 4) is 0 Å². The zero-order valence-corrected chi connectivity index (χ0v) is 12.2. The van der Waals surface area contributed by atoms with Crippen molar-refractivity contribution in [3.05, 3.63) is 64.4 Å². The van der Waals surface area contributed by atoms with Crippen LogP contribution in [0.15, 0.2) is 58.0 Å². The number of anilines is 1. The molecule has 2 aromatic rings. The van der Waals surface area contributed by atoms with E-state index in [4.69, 9.17) is 5.73 Å². The minimum atomic E-state index is -0.237. The van der Waals surface area contributed by atoms with Crippen molar-refractivity contribution in [2.45, 2.75) is 6.04 Å². The second-order valence-electron chi connectivity index (χ2n) is 4.56. The normalized spacial score (nSPS) is 18.2. The van der Waals surface area contributed by atoms with Crippen LogP contribution in [-0.2, 0) is 0 Å². The summed E-state index contributed by atoms with van der Waals surface area (Å²) in [7, 11) is 0. The Bertz CT molecular complexity index is 672. The highest BCUT2D eigenvalue weighted by molar-refractivity contribution is 9.10. The summed E-state index contributed by atoms with van der Waals surface area (Å²) in [5.74, 6) is 0.171. The number of nitrogens with two attached hydrogens (primary N) is 1. The molecule has 20 heavy (non-hydrogen) atoms. The van der Waals surface area contributed by atoms with Crippen molar-refractivity contribution in [3.63, 3.8) is 0 Å². The minimum absolute atomic E-state index is 0.213. The van der Waals surface area contributed by atoms with Gasteiger partial charge in [0.2, 0.25) is 0 Å². The maximum atomic E-state index is 14.0. The average Bonchev–Trinajstić information content (AvgIpc) is 2.82. The van der Waals surface area contributed by atoms with Gasteiger partial charge in [0.25, 0.3) is 0 Å². The molecule has 2 N–H and O–H groups in total. The van der Waals surface area contributed by atoms with E-state index in [1.165, 1.54) is 6.07 Å². The lowest BCUT2D eigenvalue weighted by molar-refractivity contribution is 0.589. The van der Waals surface area contributed by atoms with Crippen molar-refractivity contribution in [1.29, 1.82) is 0 Å². The van der Waals surface area contributed by atoms with Crippen molar-refractivity contribution in [2.75, 3.05) is 11.4 Å². The molecule has 0 fully saturated rings. The molecule has 3 nitrogen and oxygen atoms in total. The van der Waals surface area contributed by atoms with E-state index in [1.54, 1.807) is 12.1 Å². The van der Waals surface area contributed by atoms with Crippen LogP contribution >= 0.6 is 15.9 Å². The molecule has 0 amide bonds. The van der Waals surface area contributed by atoms with E-state index in [2.05, 4.69) is 20.9 Å². The van der Waals surface area contributed by atoms with Crippen molar-refractivity contribution in [1.82, 2.24) is 0 Å². The lowest BCUT2D eigenvalue weighted by atomic mass is 10.0. The molecule has 0 spiro atoms. The second-order valence-corrected chi connectivity index (χ2v) is 5.41. The molecule has 0 aliphatic carbocycles. The van der Waals surface area contributed by atoms with Crippen LogP contribution in [0.4, 0.5) is 10.1 Å². The maximum Gasteiger partial charge on any atom is 0.196 e. The van der Waals surface area contributed by atoms with E-state index < -0.39 is 0 Å². The zero-order valence-electron chi connectivity index (χ0n) is 10.6. The largest absolute Gasteiger partial charge is 0.369 e. The number of nitrogens with zero attached hydrogens (tertiary/aromatic N) is 2. The molecule has 5 heteroatoms. The van der Waals surface area contributed by atoms with Crippen LogP contribution in [0.5, 0.6) is 0 Å². The van der Waals surface area contributed by atoms with Gasteiger partial charge in [0.05, 0.1) is 18.3 Å². The third-order valence-electron chi connectivity index (χ3n) is 3.36. The smallest absolute Gasteiger partial charge is 0.196 e.